The van der Waals surface area contributed by atoms with Gasteiger partial charge in [0.2, 0.25) is 0 Å². The number of halogens is 2. The van der Waals surface area contributed by atoms with Gasteiger partial charge < -0.3 is 0 Å². The quantitative estimate of drug-likeness (QED) is 0.656. The van der Waals surface area contributed by atoms with Crippen LogP contribution in [0, 0.1) is 10.5 Å². The number of benzene rings is 1. The molecule has 0 heterocycles. The Morgan fingerprint density at radius 2 is 1.93 bits per heavy atom. The molecule has 0 radical (unpaired) electrons. The van der Waals surface area contributed by atoms with Crippen molar-refractivity contribution in [3.63, 3.8) is 0 Å². The number of hydrogen-bond donors (Lipinski definition) is 1. The van der Waals surface area contributed by atoms with Crippen molar-refractivity contribution in [1.82, 2.24) is 5.32 Å². The van der Waals surface area contributed by atoms with Crippen LogP contribution in [0.2, 0.25) is 0 Å². The number of aryl methyl sites for hydroxylation is 1. The van der Waals surface area contributed by atoms with Crippen LogP contribution in [0.25, 0.3) is 0 Å². The fourth-order valence-corrected chi connectivity index (χ4v) is 3.53. The van der Waals surface area contributed by atoms with Crippen molar-refractivity contribution in [2.75, 3.05) is 12.0 Å². The topological polar surface area (TPSA) is 12.0 Å². The summed E-state index contributed by atoms with van der Waals surface area (Å²) in [7, 11) is 1.89. The zero-order valence-electron chi connectivity index (χ0n) is 10.2. The minimum atomic E-state index is -2.33. The van der Waals surface area contributed by atoms with Gasteiger partial charge in [-0.2, -0.15) is 0 Å². The van der Waals surface area contributed by atoms with Crippen molar-refractivity contribution >= 4 is 20.4 Å². The molecule has 0 unspecified atom stereocenters. The first-order valence-electron chi connectivity index (χ1n) is 5.16. The van der Waals surface area contributed by atoms with Gasteiger partial charge >= 0.3 is 86.9 Å². The molecule has 1 aromatic carbocycles. The predicted octanol–water partition coefficient (Wildman–Crippen LogP) is 3.93. The molecule has 0 aromatic heterocycles. The number of hydrogen-bond acceptors (Lipinski definition) is 1. The summed E-state index contributed by atoms with van der Waals surface area (Å²) in [6.45, 7) is 6.81. The third-order valence-corrected chi connectivity index (χ3v) is 4.60. The standard InChI is InChI=1S/C10H15FIN.C2H6/c1-8-5-4-6-10(12(2)11)9(8)7-13-3;1-2/h4-6,13H,7H2,1-3H3;1-2H3. The van der Waals surface area contributed by atoms with E-state index in [1.807, 2.05) is 46.0 Å². The van der Waals surface area contributed by atoms with E-state index < -0.39 is 20.4 Å². The summed E-state index contributed by atoms with van der Waals surface area (Å²) in [5, 5.41) is 3.08. The van der Waals surface area contributed by atoms with Gasteiger partial charge in [-0.1, -0.05) is 13.8 Å². The molecule has 0 atom stereocenters. The van der Waals surface area contributed by atoms with Crippen LogP contribution in [0.5, 0.6) is 0 Å². The van der Waals surface area contributed by atoms with Gasteiger partial charge in [0.1, 0.15) is 0 Å². The first-order valence-corrected chi connectivity index (χ1v) is 9.21. The average molecular weight is 325 g/mol. The van der Waals surface area contributed by atoms with Crippen molar-refractivity contribution in [2.24, 2.45) is 0 Å². The van der Waals surface area contributed by atoms with Gasteiger partial charge in [-0.25, -0.2) is 0 Å². The van der Waals surface area contributed by atoms with Gasteiger partial charge in [0, 0.05) is 0 Å². The Bertz CT molecular complexity index is 287. The third kappa shape index (κ3) is 4.47. The summed E-state index contributed by atoms with van der Waals surface area (Å²) in [4.78, 5) is 1.73. The van der Waals surface area contributed by atoms with Crippen LogP contribution >= 0.6 is 20.4 Å². The van der Waals surface area contributed by atoms with Crippen molar-refractivity contribution < 1.29 is 2.86 Å². The van der Waals surface area contributed by atoms with Gasteiger partial charge in [0.05, 0.1) is 0 Å². The first kappa shape index (κ1) is 14.8. The maximum absolute atomic E-state index is 13.3. The minimum absolute atomic E-state index is 0.772. The summed E-state index contributed by atoms with van der Waals surface area (Å²) < 4.78 is 14.3. The van der Waals surface area contributed by atoms with Crippen LogP contribution in [0.4, 0.5) is 2.86 Å². The van der Waals surface area contributed by atoms with Crippen LogP contribution in [0.15, 0.2) is 18.2 Å². The Morgan fingerprint density at radius 3 is 2.40 bits per heavy atom. The van der Waals surface area contributed by atoms with E-state index in [0.717, 1.165) is 15.7 Å². The summed E-state index contributed by atoms with van der Waals surface area (Å²) >= 11 is -2.33. The van der Waals surface area contributed by atoms with E-state index in [1.165, 1.54) is 5.56 Å². The molecule has 0 fully saturated rings. The Labute approximate surface area is 101 Å². The van der Waals surface area contributed by atoms with Crippen LogP contribution in [-0.4, -0.2) is 12.0 Å². The Hall–Kier alpha value is -0.160. The molecule has 0 aliphatic carbocycles. The Balaban J connectivity index is 0.000000921. The van der Waals surface area contributed by atoms with Crippen LogP contribution in [0.3, 0.4) is 0 Å². The fourth-order valence-electron chi connectivity index (χ4n) is 1.31. The third-order valence-electron chi connectivity index (χ3n) is 1.99. The van der Waals surface area contributed by atoms with Gasteiger partial charge in [-0.3, -0.25) is 0 Å². The van der Waals surface area contributed by atoms with Crippen LogP contribution in [-0.2, 0) is 6.54 Å². The average Bonchev–Trinajstić information content (AvgIpc) is 2.24. The van der Waals surface area contributed by atoms with Gasteiger partial charge in [-0.15, -0.1) is 0 Å². The molecule has 88 valence electrons. The van der Waals surface area contributed by atoms with Crippen molar-refractivity contribution in [3.05, 3.63) is 32.9 Å². The molecule has 3 heteroatoms. The monoisotopic (exact) mass is 325 g/mol. The molecule has 0 aliphatic rings. The van der Waals surface area contributed by atoms with Gasteiger partial charge in [0.15, 0.2) is 0 Å². The maximum atomic E-state index is 13.3. The van der Waals surface area contributed by atoms with Gasteiger partial charge in [-0.05, 0) is 0 Å². The molecule has 1 nitrogen and oxygen atoms in total. The number of rotatable bonds is 3. The summed E-state index contributed by atoms with van der Waals surface area (Å²) in [5.74, 6) is 0. The molecule has 0 bridgehead atoms. The Morgan fingerprint density at radius 1 is 1.33 bits per heavy atom. The molecule has 0 amide bonds. The van der Waals surface area contributed by atoms with E-state index in [2.05, 4.69) is 5.32 Å². The molecule has 1 aromatic rings. The zero-order chi connectivity index (χ0) is 11.8. The number of alkyl halides is 1. The summed E-state index contributed by atoms with van der Waals surface area (Å²) in [5.41, 5.74) is 2.34. The molecule has 0 saturated carbocycles. The summed E-state index contributed by atoms with van der Waals surface area (Å²) in [6, 6.07) is 5.90. The van der Waals surface area contributed by atoms with E-state index in [-0.39, 0.29) is 0 Å². The normalized spacial score (nSPS) is 10.4. The van der Waals surface area contributed by atoms with E-state index in [4.69, 9.17) is 0 Å². The fraction of sp³-hybridized carbons (Fsp3) is 0.500. The van der Waals surface area contributed by atoms with E-state index >= 15 is 0 Å². The SMILES string of the molecule is CC.CNCc1c(C)cccc1I(C)F. The molecular formula is C12H21FIN. The second kappa shape index (κ2) is 8.05. The second-order valence-electron chi connectivity index (χ2n) is 2.97. The van der Waals surface area contributed by atoms with Crippen molar-refractivity contribution in [3.8, 4) is 0 Å². The molecule has 1 N–H and O–H groups in total. The molecular weight excluding hydrogens is 304 g/mol. The van der Waals surface area contributed by atoms with Crippen molar-refractivity contribution in [1.29, 1.82) is 0 Å². The van der Waals surface area contributed by atoms with E-state index in [0.29, 0.717) is 0 Å². The first-order chi connectivity index (χ1) is 7.16. The zero-order valence-corrected chi connectivity index (χ0v) is 12.4. The molecule has 0 aliphatic heterocycles. The van der Waals surface area contributed by atoms with E-state index in [9.17, 15) is 2.86 Å². The van der Waals surface area contributed by atoms with Crippen molar-refractivity contribution in [2.45, 2.75) is 27.3 Å². The second-order valence-corrected chi connectivity index (χ2v) is 6.43. The molecule has 0 saturated heterocycles. The molecule has 15 heavy (non-hydrogen) atoms. The Kier molecular flexibility index (Phi) is 7.96. The van der Waals surface area contributed by atoms with Crippen LogP contribution in [0.1, 0.15) is 25.0 Å². The predicted molar refractivity (Wildman–Crippen MR) is 75.0 cm³/mol. The van der Waals surface area contributed by atoms with E-state index in [1.54, 1.807) is 4.93 Å². The molecule has 0 spiro atoms. The van der Waals surface area contributed by atoms with Crippen LogP contribution < -0.4 is 5.32 Å². The van der Waals surface area contributed by atoms with Gasteiger partial charge in [0.25, 0.3) is 0 Å². The summed E-state index contributed by atoms with van der Waals surface area (Å²) in [6.07, 6.45) is 0. The number of nitrogens with one attached hydrogen (secondary N) is 1. The molecule has 1 rings (SSSR count).